The molecule has 0 atom stereocenters. The molecule has 0 amide bonds. The minimum absolute atomic E-state index is 0.178. The second-order valence-corrected chi connectivity index (χ2v) is 6.17. The number of rotatable bonds is 4. The molecule has 1 aliphatic rings. The Morgan fingerprint density at radius 3 is 2.35 bits per heavy atom. The van der Waals surface area contributed by atoms with Crippen molar-refractivity contribution in [2.75, 3.05) is 19.7 Å². The molecule has 0 unspecified atom stereocenters. The zero-order valence-electron chi connectivity index (χ0n) is 12.7. The van der Waals surface area contributed by atoms with E-state index in [1.807, 2.05) is 39.8 Å². The molecule has 0 radical (unpaired) electrons. The number of carbonyl (C=O) groups is 1. The van der Waals surface area contributed by atoms with Crippen LogP contribution in [0.5, 0.6) is 5.75 Å². The predicted molar refractivity (Wildman–Crippen MR) is 77.5 cm³/mol. The summed E-state index contributed by atoms with van der Waals surface area (Å²) in [5, 5.41) is 1.73. The average molecular weight is 277 g/mol. The molecule has 0 bridgehead atoms. The first-order valence-electron chi connectivity index (χ1n) is 7.10. The molecular formula is C16H23NO3. The number of hydrogen-bond acceptors (Lipinski definition) is 4. The van der Waals surface area contributed by atoms with Crippen LogP contribution in [0, 0.1) is 5.41 Å². The highest BCUT2D eigenvalue weighted by Crippen LogP contribution is 2.29. The summed E-state index contributed by atoms with van der Waals surface area (Å²) in [6.07, 6.45) is 0. The maximum atomic E-state index is 11.7. The van der Waals surface area contributed by atoms with E-state index in [1.165, 1.54) is 5.56 Å². The molecule has 4 nitrogen and oxygen atoms in total. The highest BCUT2D eigenvalue weighted by molar-refractivity contribution is 5.75. The van der Waals surface area contributed by atoms with E-state index in [2.05, 4.69) is 12.1 Å². The van der Waals surface area contributed by atoms with Crippen LogP contribution in [0.15, 0.2) is 24.3 Å². The molecule has 0 aromatic heterocycles. The third-order valence-electron chi connectivity index (χ3n) is 3.33. The van der Waals surface area contributed by atoms with Gasteiger partial charge >= 0.3 is 5.97 Å². The summed E-state index contributed by atoms with van der Waals surface area (Å²) in [4.78, 5) is 17.1. The molecule has 0 aliphatic carbocycles. The Labute approximate surface area is 120 Å². The van der Waals surface area contributed by atoms with Crippen molar-refractivity contribution < 1.29 is 14.4 Å². The van der Waals surface area contributed by atoms with E-state index in [-0.39, 0.29) is 5.97 Å². The van der Waals surface area contributed by atoms with Gasteiger partial charge in [-0.2, -0.15) is 0 Å². The summed E-state index contributed by atoms with van der Waals surface area (Å²) in [7, 11) is 0. The van der Waals surface area contributed by atoms with Crippen molar-refractivity contribution in [2.24, 2.45) is 5.41 Å². The van der Waals surface area contributed by atoms with E-state index in [1.54, 1.807) is 5.06 Å². The van der Waals surface area contributed by atoms with Crippen LogP contribution in [0.3, 0.4) is 0 Å². The summed E-state index contributed by atoms with van der Waals surface area (Å²) in [6, 6.07) is 8.14. The molecule has 0 N–H and O–H groups in total. The smallest absolute Gasteiger partial charge is 0.330 e. The summed E-state index contributed by atoms with van der Waals surface area (Å²) >= 11 is 0. The Bertz CT molecular complexity index is 456. The van der Waals surface area contributed by atoms with Gasteiger partial charge in [-0.15, -0.1) is 5.06 Å². The zero-order valence-corrected chi connectivity index (χ0v) is 12.7. The fourth-order valence-electron chi connectivity index (χ4n) is 1.98. The van der Waals surface area contributed by atoms with Gasteiger partial charge in [-0.1, -0.05) is 12.1 Å². The van der Waals surface area contributed by atoms with Crippen LogP contribution < -0.4 is 4.74 Å². The van der Waals surface area contributed by atoms with E-state index in [0.717, 1.165) is 18.8 Å². The monoisotopic (exact) mass is 277 g/mol. The van der Waals surface area contributed by atoms with Crippen molar-refractivity contribution in [1.29, 1.82) is 0 Å². The number of benzene rings is 1. The van der Waals surface area contributed by atoms with Crippen LogP contribution in [0.4, 0.5) is 0 Å². The van der Waals surface area contributed by atoms with E-state index in [0.29, 0.717) is 12.5 Å². The standard InChI is InChI=1S/C16H23NO3/c1-5-19-14-8-6-12(7-9-14)13-10-17(11-13)20-15(18)16(2,3)4/h6-9,13H,5,10-11H2,1-4H3. The highest BCUT2D eigenvalue weighted by Gasteiger charge is 2.34. The fourth-order valence-corrected chi connectivity index (χ4v) is 1.98. The molecule has 2 rings (SSSR count). The van der Waals surface area contributed by atoms with E-state index in [4.69, 9.17) is 9.57 Å². The van der Waals surface area contributed by atoms with Crippen molar-refractivity contribution in [3.05, 3.63) is 29.8 Å². The van der Waals surface area contributed by atoms with E-state index >= 15 is 0 Å². The maximum absolute atomic E-state index is 11.7. The molecule has 1 aromatic carbocycles. The molecule has 1 fully saturated rings. The van der Waals surface area contributed by atoms with Gasteiger partial charge in [0, 0.05) is 19.0 Å². The molecule has 4 heteroatoms. The third kappa shape index (κ3) is 3.51. The van der Waals surface area contributed by atoms with Crippen molar-refractivity contribution in [2.45, 2.75) is 33.6 Å². The minimum atomic E-state index is -0.454. The Morgan fingerprint density at radius 2 is 1.85 bits per heavy atom. The molecule has 0 saturated carbocycles. The topological polar surface area (TPSA) is 38.8 Å². The van der Waals surface area contributed by atoms with Crippen LogP contribution in [0.25, 0.3) is 0 Å². The Morgan fingerprint density at radius 1 is 1.25 bits per heavy atom. The summed E-state index contributed by atoms with van der Waals surface area (Å²) < 4.78 is 5.42. The van der Waals surface area contributed by atoms with Crippen LogP contribution in [0.2, 0.25) is 0 Å². The van der Waals surface area contributed by atoms with Gasteiger partial charge in [0.25, 0.3) is 0 Å². The van der Waals surface area contributed by atoms with Gasteiger partial charge in [0.05, 0.1) is 12.0 Å². The van der Waals surface area contributed by atoms with Crippen molar-refractivity contribution >= 4 is 5.97 Å². The lowest BCUT2D eigenvalue weighted by Crippen LogP contribution is -2.47. The van der Waals surface area contributed by atoms with Crippen molar-refractivity contribution in [3.63, 3.8) is 0 Å². The van der Waals surface area contributed by atoms with Crippen LogP contribution in [-0.2, 0) is 9.63 Å². The van der Waals surface area contributed by atoms with E-state index in [9.17, 15) is 4.79 Å². The van der Waals surface area contributed by atoms with Gasteiger partial charge in [0.2, 0.25) is 0 Å². The van der Waals surface area contributed by atoms with Crippen LogP contribution >= 0.6 is 0 Å². The predicted octanol–water partition coefficient (Wildman–Crippen LogP) is 2.99. The van der Waals surface area contributed by atoms with Crippen molar-refractivity contribution in [3.8, 4) is 5.75 Å². The molecule has 1 saturated heterocycles. The quantitative estimate of drug-likeness (QED) is 0.848. The second kappa shape index (κ2) is 5.83. The van der Waals surface area contributed by atoms with Gasteiger partial charge in [-0.05, 0) is 45.4 Å². The van der Waals surface area contributed by atoms with E-state index < -0.39 is 5.41 Å². The largest absolute Gasteiger partial charge is 0.494 e. The number of nitrogens with zero attached hydrogens (tertiary/aromatic N) is 1. The first-order chi connectivity index (χ1) is 9.40. The first kappa shape index (κ1) is 14.9. The number of hydrogen-bond donors (Lipinski definition) is 0. The van der Waals surface area contributed by atoms with Gasteiger partial charge in [-0.3, -0.25) is 0 Å². The summed E-state index contributed by atoms with van der Waals surface area (Å²) in [5.41, 5.74) is 0.807. The lowest BCUT2D eigenvalue weighted by atomic mass is 9.93. The average Bonchev–Trinajstić information content (AvgIpc) is 2.33. The zero-order chi connectivity index (χ0) is 14.8. The SMILES string of the molecule is CCOc1ccc(C2CN(OC(=O)C(C)(C)C)C2)cc1. The van der Waals surface area contributed by atoms with Gasteiger partial charge < -0.3 is 9.57 Å². The van der Waals surface area contributed by atoms with Crippen LogP contribution in [-0.4, -0.2) is 30.7 Å². The maximum Gasteiger partial charge on any atom is 0.330 e. The minimum Gasteiger partial charge on any atom is -0.494 e. The molecule has 1 aromatic rings. The van der Waals surface area contributed by atoms with Crippen LogP contribution in [0.1, 0.15) is 39.2 Å². The Kier molecular flexibility index (Phi) is 4.33. The summed E-state index contributed by atoms with van der Waals surface area (Å²) in [5.74, 6) is 1.15. The lowest BCUT2D eigenvalue weighted by molar-refractivity contribution is -0.220. The molecule has 1 aliphatic heterocycles. The lowest BCUT2D eigenvalue weighted by Gasteiger charge is -2.38. The van der Waals surface area contributed by atoms with Gasteiger partial charge in [0.15, 0.2) is 0 Å². The molecule has 0 spiro atoms. The van der Waals surface area contributed by atoms with Gasteiger partial charge in [0.1, 0.15) is 5.75 Å². The fraction of sp³-hybridized carbons (Fsp3) is 0.562. The third-order valence-corrected chi connectivity index (χ3v) is 3.33. The van der Waals surface area contributed by atoms with Gasteiger partial charge in [-0.25, -0.2) is 4.79 Å². The Balaban J connectivity index is 1.82. The second-order valence-electron chi connectivity index (χ2n) is 6.17. The number of hydroxylamine groups is 2. The molecular weight excluding hydrogens is 254 g/mol. The number of ether oxygens (including phenoxy) is 1. The Hall–Kier alpha value is -1.55. The normalized spacial score (nSPS) is 16.6. The first-order valence-corrected chi connectivity index (χ1v) is 7.10. The summed E-state index contributed by atoms with van der Waals surface area (Å²) in [6.45, 7) is 9.75. The molecule has 1 heterocycles. The highest BCUT2D eigenvalue weighted by atomic mass is 16.7. The molecule has 20 heavy (non-hydrogen) atoms. The number of carbonyl (C=O) groups excluding carboxylic acids is 1. The van der Waals surface area contributed by atoms with Crippen molar-refractivity contribution in [1.82, 2.24) is 5.06 Å². The molecule has 110 valence electrons.